The number of halogens is 2. The molecule has 1 aromatic heterocycles. The zero-order chi connectivity index (χ0) is 19.4. The van der Waals surface area contributed by atoms with Gasteiger partial charge in [0, 0.05) is 11.6 Å². The molecule has 8 heteroatoms. The summed E-state index contributed by atoms with van der Waals surface area (Å²) in [5.41, 5.74) is 1.20. The fourth-order valence-corrected chi connectivity index (χ4v) is 2.62. The molecule has 1 heterocycles. The first-order valence-corrected chi connectivity index (χ1v) is 8.19. The molecule has 3 rings (SSSR count). The summed E-state index contributed by atoms with van der Waals surface area (Å²) in [6.45, 7) is -0.122. The molecule has 6 nitrogen and oxygen atoms in total. The Kier molecular flexibility index (Phi) is 5.61. The minimum atomic E-state index is -0.685. The van der Waals surface area contributed by atoms with E-state index in [0.717, 1.165) is 17.7 Å². The molecule has 0 atom stereocenters. The van der Waals surface area contributed by atoms with Crippen molar-refractivity contribution >= 4 is 17.6 Å². The average Bonchev–Trinajstić information content (AvgIpc) is 3.14. The van der Waals surface area contributed by atoms with Crippen LogP contribution in [0.1, 0.15) is 16.1 Å². The van der Waals surface area contributed by atoms with Crippen LogP contribution in [0.3, 0.4) is 0 Å². The number of hydrogen-bond acceptors (Lipinski definition) is 6. The fraction of sp³-hybridized carbons (Fsp3) is 0.158. The van der Waals surface area contributed by atoms with Gasteiger partial charge in [0.15, 0.2) is 17.3 Å². The molecule has 0 saturated heterocycles. The monoisotopic (exact) mass is 391 g/mol. The maximum atomic E-state index is 13.1. The van der Waals surface area contributed by atoms with E-state index in [-0.39, 0.29) is 17.2 Å². The maximum absolute atomic E-state index is 13.1. The largest absolute Gasteiger partial charge is 0.493 e. The molecule has 140 valence electrons. The van der Waals surface area contributed by atoms with Gasteiger partial charge in [0.1, 0.15) is 18.1 Å². The summed E-state index contributed by atoms with van der Waals surface area (Å²) in [5.74, 6) is 0.390. The lowest BCUT2D eigenvalue weighted by Crippen LogP contribution is -2.06. The Morgan fingerprint density at radius 3 is 2.59 bits per heavy atom. The number of rotatable bonds is 6. The molecule has 0 N–H and O–H groups in total. The number of esters is 1. The number of benzene rings is 2. The first kappa shape index (κ1) is 18.7. The summed E-state index contributed by atoms with van der Waals surface area (Å²) in [4.78, 5) is 12.1. The maximum Gasteiger partial charge on any atom is 0.340 e. The van der Waals surface area contributed by atoms with Crippen molar-refractivity contribution in [2.24, 2.45) is 0 Å². The van der Waals surface area contributed by atoms with Gasteiger partial charge < -0.3 is 18.7 Å². The SMILES string of the molecule is COc1ccc(-c2cc(COC(=O)c3ccc(F)cc3Cl)no2)cc1OC. The van der Waals surface area contributed by atoms with E-state index in [1.54, 1.807) is 31.4 Å². The van der Waals surface area contributed by atoms with Crippen molar-refractivity contribution in [1.29, 1.82) is 0 Å². The number of methoxy groups -OCH3 is 2. The highest BCUT2D eigenvalue weighted by atomic mass is 35.5. The molecule has 0 aliphatic heterocycles. The first-order chi connectivity index (χ1) is 13.0. The number of carbonyl (C=O) groups is 1. The van der Waals surface area contributed by atoms with Crippen LogP contribution in [0, 0.1) is 5.82 Å². The van der Waals surface area contributed by atoms with Crippen molar-refractivity contribution in [3.8, 4) is 22.8 Å². The lowest BCUT2D eigenvalue weighted by Gasteiger charge is -2.07. The molecule has 0 unspecified atom stereocenters. The highest BCUT2D eigenvalue weighted by Crippen LogP contribution is 2.32. The summed E-state index contributed by atoms with van der Waals surface area (Å²) in [7, 11) is 3.08. The Morgan fingerprint density at radius 1 is 1.11 bits per heavy atom. The van der Waals surface area contributed by atoms with E-state index >= 15 is 0 Å². The van der Waals surface area contributed by atoms with Gasteiger partial charge in [-0.1, -0.05) is 16.8 Å². The van der Waals surface area contributed by atoms with Gasteiger partial charge in [-0.3, -0.25) is 0 Å². The second kappa shape index (κ2) is 8.09. The summed E-state index contributed by atoms with van der Waals surface area (Å²) in [6, 6.07) is 10.4. The number of hydrogen-bond donors (Lipinski definition) is 0. The van der Waals surface area contributed by atoms with Crippen LogP contribution in [0.4, 0.5) is 4.39 Å². The molecule has 3 aromatic rings. The molecule has 2 aromatic carbocycles. The van der Waals surface area contributed by atoms with Crippen LogP contribution in [0.5, 0.6) is 11.5 Å². The normalized spacial score (nSPS) is 10.5. The summed E-state index contributed by atoms with van der Waals surface area (Å²) >= 11 is 5.85. The highest BCUT2D eigenvalue weighted by molar-refractivity contribution is 6.33. The van der Waals surface area contributed by atoms with Gasteiger partial charge >= 0.3 is 5.97 Å². The van der Waals surface area contributed by atoms with Crippen LogP contribution in [0.25, 0.3) is 11.3 Å². The Bertz CT molecular complexity index is 972. The summed E-state index contributed by atoms with van der Waals surface area (Å²) in [6.07, 6.45) is 0. The van der Waals surface area contributed by atoms with Crippen LogP contribution < -0.4 is 9.47 Å². The van der Waals surface area contributed by atoms with Crippen molar-refractivity contribution in [1.82, 2.24) is 5.16 Å². The second-order valence-corrected chi connectivity index (χ2v) is 5.86. The van der Waals surface area contributed by atoms with E-state index in [1.807, 2.05) is 0 Å². The predicted octanol–water partition coefficient (Wildman–Crippen LogP) is 4.51. The van der Waals surface area contributed by atoms with Gasteiger partial charge in [-0.2, -0.15) is 0 Å². The molecular weight excluding hydrogens is 377 g/mol. The zero-order valence-electron chi connectivity index (χ0n) is 14.5. The number of aromatic nitrogens is 1. The molecule has 0 aliphatic carbocycles. The smallest absolute Gasteiger partial charge is 0.340 e. The third-order valence-corrected chi connectivity index (χ3v) is 4.04. The van der Waals surface area contributed by atoms with Gasteiger partial charge in [-0.05, 0) is 36.4 Å². The van der Waals surface area contributed by atoms with Crippen LogP contribution in [-0.2, 0) is 11.3 Å². The Labute approximate surface area is 159 Å². The summed E-state index contributed by atoms with van der Waals surface area (Å²) in [5, 5.41) is 3.85. The molecule has 0 spiro atoms. The van der Waals surface area contributed by atoms with E-state index in [0.29, 0.717) is 23.0 Å². The number of ether oxygens (including phenoxy) is 3. The van der Waals surface area contributed by atoms with Gasteiger partial charge in [-0.15, -0.1) is 0 Å². The van der Waals surface area contributed by atoms with E-state index in [2.05, 4.69) is 5.16 Å². The predicted molar refractivity (Wildman–Crippen MR) is 95.6 cm³/mol. The lowest BCUT2D eigenvalue weighted by atomic mass is 10.1. The molecule has 0 saturated carbocycles. The fourth-order valence-electron chi connectivity index (χ4n) is 2.38. The van der Waals surface area contributed by atoms with Crippen LogP contribution in [0.2, 0.25) is 5.02 Å². The lowest BCUT2D eigenvalue weighted by molar-refractivity contribution is 0.0464. The van der Waals surface area contributed by atoms with Gasteiger partial charge in [0.25, 0.3) is 0 Å². The van der Waals surface area contributed by atoms with E-state index in [9.17, 15) is 9.18 Å². The number of nitrogens with zero attached hydrogens (tertiary/aromatic N) is 1. The third kappa shape index (κ3) is 4.20. The molecule has 0 aliphatic rings. The first-order valence-electron chi connectivity index (χ1n) is 7.82. The van der Waals surface area contributed by atoms with Crippen molar-refractivity contribution < 1.29 is 27.9 Å². The van der Waals surface area contributed by atoms with Crippen molar-refractivity contribution in [3.63, 3.8) is 0 Å². The highest BCUT2D eigenvalue weighted by Gasteiger charge is 2.15. The summed E-state index contributed by atoms with van der Waals surface area (Å²) < 4.78 is 33.9. The van der Waals surface area contributed by atoms with Crippen molar-refractivity contribution in [3.05, 3.63) is 64.6 Å². The second-order valence-electron chi connectivity index (χ2n) is 5.45. The third-order valence-electron chi connectivity index (χ3n) is 3.73. The molecule has 0 fully saturated rings. The average molecular weight is 392 g/mol. The quantitative estimate of drug-likeness (QED) is 0.576. The number of carbonyl (C=O) groups excluding carboxylic acids is 1. The van der Waals surface area contributed by atoms with Gasteiger partial charge in [0.2, 0.25) is 0 Å². The van der Waals surface area contributed by atoms with Gasteiger partial charge in [0.05, 0.1) is 24.8 Å². The van der Waals surface area contributed by atoms with Crippen LogP contribution >= 0.6 is 11.6 Å². The standard InChI is InChI=1S/C19H15ClFNO5/c1-24-16-6-3-11(7-18(16)25-2)17-9-13(22-27-17)10-26-19(23)14-5-4-12(21)8-15(14)20/h3-9H,10H2,1-2H3. The van der Waals surface area contributed by atoms with E-state index in [1.165, 1.54) is 13.2 Å². The minimum absolute atomic E-state index is 0.0221. The molecule has 27 heavy (non-hydrogen) atoms. The van der Waals surface area contributed by atoms with Crippen LogP contribution in [0.15, 0.2) is 47.0 Å². The van der Waals surface area contributed by atoms with Crippen LogP contribution in [-0.4, -0.2) is 25.3 Å². The van der Waals surface area contributed by atoms with Crippen molar-refractivity contribution in [2.75, 3.05) is 14.2 Å². The minimum Gasteiger partial charge on any atom is -0.493 e. The Balaban J connectivity index is 1.70. The Morgan fingerprint density at radius 2 is 1.89 bits per heavy atom. The Hall–Kier alpha value is -3.06. The molecule has 0 radical (unpaired) electrons. The molecular formula is C19H15ClFNO5. The molecule has 0 amide bonds. The molecule has 0 bridgehead atoms. The zero-order valence-corrected chi connectivity index (χ0v) is 15.2. The van der Waals surface area contributed by atoms with E-state index in [4.69, 9.17) is 30.3 Å². The van der Waals surface area contributed by atoms with Gasteiger partial charge in [-0.25, -0.2) is 9.18 Å². The van der Waals surface area contributed by atoms with E-state index < -0.39 is 11.8 Å². The topological polar surface area (TPSA) is 70.8 Å². The van der Waals surface area contributed by atoms with Crippen molar-refractivity contribution in [2.45, 2.75) is 6.61 Å².